The first-order valence-corrected chi connectivity index (χ1v) is 3.61. The van der Waals surface area contributed by atoms with E-state index in [0.29, 0.717) is 13.0 Å². The standard InChI is InChI=1S/C7H15NO2/c1-7(10)5-8(2)4-3-6(7)9/h6,9-10H,3-5H2,1-2H3/t6?,7-/m0/s1. The van der Waals surface area contributed by atoms with E-state index in [1.165, 1.54) is 0 Å². The maximum atomic E-state index is 9.52. The highest BCUT2D eigenvalue weighted by atomic mass is 16.3. The molecule has 0 aromatic carbocycles. The Balaban J connectivity index is 2.55. The molecule has 2 N–H and O–H groups in total. The summed E-state index contributed by atoms with van der Waals surface area (Å²) in [5, 5.41) is 18.8. The molecule has 1 fully saturated rings. The zero-order chi connectivity index (χ0) is 7.78. The quantitative estimate of drug-likeness (QED) is 0.480. The third kappa shape index (κ3) is 1.48. The Labute approximate surface area is 61.3 Å². The van der Waals surface area contributed by atoms with Crippen molar-refractivity contribution in [2.45, 2.75) is 25.0 Å². The summed E-state index contributed by atoms with van der Waals surface area (Å²) in [4.78, 5) is 2.02. The number of nitrogens with zero attached hydrogens (tertiary/aromatic N) is 1. The normalized spacial score (nSPS) is 43.8. The van der Waals surface area contributed by atoms with Gasteiger partial charge in [0.25, 0.3) is 0 Å². The van der Waals surface area contributed by atoms with E-state index >= 15 is 0 Å². The van der Waals surface area contributed by atoms with Crippen LogP contribution in [0, 0.1) is 0 Å². The van der Waals surface area contributed by atoms with Gasteiger partial charge in [0, 0.05) is 13.1 Å². The molecular formula is C7H15NO2. The molecule has 1 unspecified atom stereocenters. The molecule has 1 saturated heterocycles. The second-order valence-corrected chi connectivity index (χ2v) is 3.40. The Hall–Kier alpha value is -0.120. The topological polar surface area (TPSA) is 43.7 Å². The summed E-state index contributed by atoms with van der Waals surface area (Å²) in [6.45, 7) is 3.11. The second kappa shape index (κ2) is 2.49. The number of piperidine rings is 1. The van der Waals surface area contributed by atoms with Gasteiger partial charge in [-0.1, -0.05) is 0 Å². The van der Waals surface area contributed by atoms with Gasteiger partial charge < -0.3 is 15.1 Å². The van der Waals surface area contributed by atoms with Crippen molar-refractivity contribution < 1.29 is 10.2 Å². The Morgan fingerprint density at radius 2 is 2.20 bits per heavy atom. The molecule has 1 rings (SSSR count). The van der Waals surface area contributed by atoms with Crippen LogP contribution in [0.5, 0.6) is 0 Å². The Bertz CT molecular complexity index is 125. The van der Waals surface area contributed by atoms with Crippen LogP contribution in [0.25, 0.3) is 0 Å². The first kappa shape index (κ1) is 7.98. The number of aliphatic hydroxyl groups excluding tert-OH is 1. The molecule has 1 aliphatic heterocycles. The van der Waals surface area contributed by atoms with Crippen molar-refractivity contribution in [3.8, 4) is 0 Å². The minimum atomic E-state index is -0.910. The maximum absolute atomic E-state index is 9.52. The van der Waals surface area contributed by atoms with E-state index in [1.807, 2.05) is 11.9 Å². The lowest BCUT2D eigenvalue weighted by atomic mass is 9.92. The van der Waals surface area contributed by atoms with Crippen molar-refractivity contribution in [1.82, 2.24) is 4.90 Å². The van der Waals surface area contributed by atoms with E-state index in [9.17, 15) is 10.2 Å². The lowest BCUT2D eigenvalue weighted by Gasteiger charge is -2.38. The van der Waals surface area contributed by atoms with Gasteiger partial charge in [-0.15, -0.1) is 0 Å². The van der Waals surface area contributed by atoms with Gasteiger partial charge in [-0.05, 0) is 20.4 Å². The summed E-state index contributed by atoms with van der Waals surface area (Å²) in [6.07, 6.45) is 0.118. The fourth-order valence-corrected chi connectivity index (χ4v) is 1.38. The van der Waals surface area contributed by atoms with E-state index in [2.05, 4.69) is 0 Å². The third-order valence-corrected chi connectivity index (χ3v) is 2.09. The van der Waals surface area contributed by atoms with Crippen molar-refractivity contribution >= 4 is 0 Å². The maximum Gasteiger partial charge on any atom is 0.100 e. The van der Waals surface area contributed by atoms with Crippen molar-refractivity contribution in [1.29, 1.82) is 0 Å². The number of rotatable bonds is 0. The van der Waals surface area contributed by atoms with E-state index in [-0.39, 0.29) is 0 Å². The lowest BCUT2D eigenvalue weighted by molar-refractivity contribution is -0.104. The van der Waals surface area contributed by atoms with Crippen molar-refractivity contribution in [3.05, 3.63) is 0 Å². The van der Waals surface area contributed by atoms with Crippen LogP contribution < -0.4 is 0 Å². The molecule has 3 nitrogen and oxygen atoms in total. The average Bonchev–Trinajstić information content (AvgIpc) is 1.78. The molecule has 0 spiro atoms. The zero-order valence-corrected chi connectivity index (χ0v) is 6.54. The summed E-state index contributed by atoms with van der Waals surface area (Å²) < 4.78 is 0. The highest BCUT2D eigenvalue weighted by Crippen LogP contribution is 2.19. The molecule has 3 heteroatoms. The molecule has 0 aromatic heterocycles. The van der Waals surface area contributed by atoms with Crippen molar-refractivity contribution in [2.75, 3.05) is 20.1 Å². The molecule has 2 atom stereocenters. The predicted octanol–water partition coefficient (Wildman–Crippen LogP) is -0.566. The minimum Gasteiger partial charge on any atom is -0.390 e. The van der Waals surface area contributed by atoms with Crippen LogP contribution in [0.15, 0.2) is 0 Å². The number of likely N-dealkylation sites (tertiary alicyclic amines) is 1. The SMILES string of the molecule is CN1CCC(O)[C@@](C)(O)C1. The Kier molecular flexibility index (Phi) is 1.99. The summed E-state index contributed by atoms with van der Waals surface area (Å²) in [5.74, 6) is 0. The highest BCUT2D eigenvalue weighted by Gasteiger charge is 2.35. The van der Waals surface area contributed by atoms with Gasteiger partial charge in [-0.25, -0.2) is 0 Å². The molecule has 0 bridgehead atoms. The lowest BCUT2D eigenvalue weighted by Crippen LogP contribution is -2.53. The number of likely N-dealkylation sites (N-methyl/N-ethyl adjacent to an activating group) is 1. The van der Waals surface area contributed by atoms with Crippen LogP contribution in [0.1, 0.15) is 13.3 Å². The Morgan fingerprint density at radius 3 is 2.60 bits per heavy atom. The molecule has 10 heavy (non-hydrogen) atoms. The molecule has 0 amide bonds. The van der Waals surface area contributed by atoms with Gasteiger partial charge >= 0.3 is 0 Å². The average molecular weight is 145 g/mol. The summed E-state index contributed by atoms with van der Waals surface area (Å²) in [7, 11) is 1.94. The van der Waals surface area contributed by atoms with Gasteiger partial charge in [0.05, 0.1) is 6.10 Å². The van der Waals surface area contributed by atoms with Crippen molar-refractivity contribution in [3.63, 3.8) is 0 Å². The molecule has 1 aliphatic rings. The smallest absolute Gasteiger partial charge is 0.100 e. The van der Waals surface area contributed by atoms with Crippen LogP contribution in [0.2, 0.25) is 0 Å². The van der Waals surface area contributed by atoms with E-state index < -0.39 is 11.7 Å². The molecule has 0 saturated carbocycles. The van der Waals surface area contributed by atoms with Gasteiger partial charge in [-0.2, -0.15) is 0 Å². The highest BCUT2D eigenvalue weighted by molar-refractivity contribution is 4.88. The molecule has 0 radical (unpaired) electrons. The van der Waals surface area contributed by atoms with E-state index in [1.54, 1.807) is 6.92 Å². The number of hydrogen-bond acceptors (Lipinski definition) is 3. The fourth-order valence-electron chi connectivity index (χ4n) is 1.38. The molecule has 60 valence electrons. The summed E-state index contributed by atoms with van der Waals surface area (Å²) in [6, 6.07) is 0. The van der Waals surface area contributed by atoms with Crippen LogP contribution >= 0.6 is 0 Å². The third-order valence-electron chi connectivity index (χ3n) is 2.09. The molecule has 0 aliphatic carbocycles. The molecule has 1 heterocycles. The van der Waals surface area contributed by atoms with Crippen LogP contribution in [-0.2, 0) is 0 Å². The summed E-state index contributed by atoms with van der Waals surface area (Å²) in [5.41, 5.74) is -0.910. The predicted molar refractivity (Wildman–Crippen MR) is 38.7 cm³/mol. The van der Waals surface area contributed by atoms with E-state index in [0.717, 1.165) is 6.54 Å². The van der Waals surface area contributed by atoms with Crippen LogP contribution in [0.3, 0.4) is 0 Å². The number of β-amino-alcohol motifs (C(OH)–C–C–N with tert-alkyl or cyclic N) is 1. The van der Waals surface area contributed by atoms with Crippen molar-refractivity contribution in [2.24, 2.45) is 0 Å². The van der Waals surface area contributed by atoms with Crippen LogP contribution in [0.4, 0.5) is 0 Å². The van der Waals surface area contributed by atoms with E-state index in [4.69, 9.17) is 0 Å². The largest absolute Gasteiger partial charge is 0.390 e. The second-order valence-electron chi connectivity index (χ2n) is 3.40. The Morgan fingerprint density at radius 1 is 1.60 bits per heavy atom. The van der Waals surface area contributed by atoms with Gasteiger partial charge in [0.2, 0.25) is 0 Å². The fraction of sp³-hybridized carbons (Fsp3) is 1.00. The number of hydrogen-bond donors (Lipinski definition) is 2. The van der Waals surface area contributed by atoms with Crippen LogP contribution in [-0.4, -0.2) is 47.0 Å². The molecule has 0 aromatic rings. The monoisotopic (exact) mass is 145 g/mol. The van der Waals surface area contributed by atoms with Gasteiger partial charge in [0.15, 0.2) is 0 Å². The first-order chi connectivity index (χ1) is 4.52. The summed E-state index contributed by atoms with van der Waals surface area (Å²) >= 11 is 0. The van der Waals surface area contributed by atoms with Gasteiger partial charge in [0.1, 0.15) is 5.60 Å². The van der Waals surface area contributed by atoms with Gasteiger partial charge in [-0.3, -0.25) is 0 Å². The first-order valence-electron chi connectivity index (χ1n) is 3.61. The number of aliphatic hydroxyl groups is 2. The molecular weight excluding hydrogens is 130 g/mol. The minimum absolute atomic E-state index is 0.552. The zero-order valence-electron chi connectivity index (χ0n) is 6.54.